The van der Waals surface area contributed by atoms with Crippen LogP contribution in [0.15, 0.2) is 22.8 Å². The van der Waals surface area contributed by atoms with Gasteiger partial charge >= 0.3 is 0 Å². The van der Waals surface area contributed by atoms with Gasteiger partial charge in [-0.15, -0.1) is 0 Å². The highest BCUT2D eigenvalue weighted by Crippen LogP contribution is 2.38. The van der Waals surface area contributed by atoms with E-state index in [4.69, 9.17) is 16.3 Å². The van der Waals surface area contributed by atoms with Crippen molar-refractivity contribution in [1.82, 2.24) is 4.98 Å². The molecular formula is C10H6BrClFNOS. The lowest BCUT2D eigenvalue weighted by atomic mass is 10.2. The van der Waals surface area contributed by atoms with Crippen LogP contribution in [-0.2, 0) is 0 Å². The van der Waals surface area contributed by atoms with Crippen molar-refractivity contribution in [2.24, 2.45) is 0 Å². The maximum absolute atomic E-state index is 12.9. The van der Waals surface area contributed by atoms with Gasteiger partial charge in [0, 0.05) is 10.0 Å². The van der Waals surface area contributed by atoms with Crippen LogP contribution in [0.3, 0.4) is 0 Å². The largest absolute Gasteiger partial charge is 0.495 e. The molecule has 84 valence electrons. The Labute approximate surface area is 109 Å². The normalized spacial score (nSPS) is 10.5. The van der Waals surface area contributed by atoms with Crippen LogP contribution >= 0.6 is 38.9 Å². The summed E-state index contributed by atoms with van der Waals surface area (Å²) in [4.78, 5) is 3.97. The fourth-order valence-electron chi connectivity index (χ4n) is 1.23. The van der Waals surface area contributed by atoms with Crippen LogP contribution in [0.25, 0.3) is 10.6 Å². The van der Waals surface area contributed by atoms with Crippen molar-refractivity contribution >= 4 is 38.9 Å². The van der Waals surface area contributed by atoms with Crippen LogP contribution < -0.4 is 4.74 Å². The third kappa shape index (κ3) is 2.21. The SMILES string of the molecule is COc1cc(-c2ncc(F)s2)c(Br)cc1Cl. The Morgan fingerprint density at radius 3 is 2.81 bits per heavy atom. The summed E-state index contributed by atoms with van der Waals surface area (Å²) in [6, 6.07) is 3.43. The minimum atomic E-state index is -0.323. The van der Waals surface area contributed by atoms with E-state index in [2.05, 4.69) is 20.9 Å². The van der Waals surface area contributed by atoms with Gasteiger partial charge in [-0.05, 0) is 12.1 Å². The van der Waals surface area contributed by atoms with Crippen LogP contribution in [0.2, 0.25) is 5.02 Å². The van der Waals surface area contributed by atoms with Gasteiger partial charge in [-0.2, -0.15) is 4.39 Å². The van der Waals surface area contributed by atoms with Crippen molar-refractivity contribution in [3.05, 3.63) is 33.0 Å². The molecule has 0 aliphatic heterocycles. The molecule has 2 rings (SSSR count). The Kier molecular flexibility index (Phi) is 3.47. The first-order valence-electron chi connectivity index (χ1n) is 4.26. The molecule has 0 aliphatic rings. The highest BCUT2D eigenvalue weighted by atomic mass is 79.9. The fourth-order valence-corrected chi connectivity index (χ4v) is 2.94. The zero-order valence-corrected chi connectivity index (χ0v) is 11.3. The Morgan fingerprint density at radius 1 is 1.50 bits per heavy atom. The van der Waals surface area contributed by atoms with Crippen molar-refractivity contribution in [2.75, 3.05) is 7.11 Å². The van der Waals surface area contributed by atoms with Crippen molar-refractivity contribution in [2.45, 2.75) is 0 Å². The third-order valence-corrected chi connectivity index (χ3v) is 3.72. The molecule has 0 saturated carbocycles. The number of halogens is 3. The summed E-state index contributed by atoms with van der Waals surface area (Å²) in [5.74, 6) is 0.537. The first-order valence-corrected chi connectivity index (χ1v) is 6.25. The second-order valence-electron chi connectivity index (χ2n) is 2.94. The number of nitrogens with zero attached hydrogens (tertiary/aromatic N) is 1. The van der Waals surface area contributed by atoms with E-state index in [0.717, 1.165) is 21.4 Å². The van der Waals surface area contributed by atoms with Crippen LogP contribution in [0.5, 0.6) is 5.75 Å². The fraction of sp³-hybridized carbons (Fsp3) is 0.100. The lowest BCUT2D eigenvalue weighted by Crippen LogP contribution is -1.86. The van der Waals surface area contributed by atoms with Crippen LogP contribution in [-0.4, -0.2) is 12.1 Å². The van der Waals surface area contributed by atoms with Crippen molar-refractivity contribution in [1.29, 1.82) is 0 Å². The Bertz CT molecular complexity index is 532. The number of benzene rings is 1. The molecule has 0 N–H and O–H groups in total. The summed E-state index contributed by atoms with van der Waals surface area (Å²) in [7, 11) is 1.53. The molecule has 1 aromatic carbocycles. The quantitative estimate of drug-likeness (QED) is 0.819. The van der Waals surface area contributed by atoms with Crippen LogP contribution in [0.4, 0.5) is 4.39 Å². The van der Waals surface area contributed by atoms with Gasteiger partial charge in [0.1, 0.15) is 10.8 Å². The molecule has 0 radical (unpaired) electrons. The van der Waals surface area contributed by atoms with E-state index in [9.17, 15) is 4.39 Å². The number of aromatic nitrogens is 1. The Morgan fingerprint density at radius 2 is 2.25 bits per heavy atom. The predicted molar refractivity (Wildman–Crippen MR) is 66.8 cm³/mol. The summed E-state index contributed by atoms with van der Waals surface area (Å²) in [6.07, 6.45) is 1.19. The van der Waals surface area contributed by atoms with E-state index in [-0.39, 0.29) is 5.13 Å². The molecule has 0 aliphatic carbocycles. The molecule has 1 heterocycles. The minimum absolute atomic E-state index is 0.323. The van der Waals surface area contributed by atoms with Gasteiger partial charge in [-0.1, -0.05) is 38.9 Å². The second kappa shape index (κ2) is 4.69. The molecular weight excluding hydrogens is 317 g/mol. The van der Waals surface area contributed by atoms with Gasteiger partial charge in [0.25, 0.3) is 0 Å². The maximum Gasteiger partial charge on any atom is 0.196 e. The smallest absolute Gasteiger partial charge is 0.196 e. The Hall–Kier alpha value is -0.650. The maximum atomic E-state index is 12.9. The average molecular weight is 323 g/mol. The van der Waals surface area contributed by atoms with E-state index in [1.807, 2.05) is 0 Å². The summed E-state index contributed by atoms with van der Waals surface area (Å²) >= 11 is 10.3. The lowest BCUT2D eigenvalue weighted by molar-refractivity contribution is 0.415. The molecule has 0 amide bonds. The number of methoxy groups -OCH3 is 1. The standard InChI is InChI=1S/C10H6BrClFNOS/c1-15-8-2-5(6(11)3-7(8)12)10-14-4-9(13)16-10/h2-4H,1H3. The summed E-state index contributed by atoms with van der Waals surface area (Å²) in [5.41, 5.74) is 0.759. The minimum Gasteiger partial charge on any atom is -0.495 e. The number of hydrogen-bond acceptors (Lipinski definition) is 3. The van der Waals surface area contributed by atoms with E-state index in [1.165, 1.54) is 13.3 Å². The molecule has 0 atom stereocenters. The molecule has 0 bridgehead atoms. The molecule has 0 spiro atoms. The summed E-state index contributed by atoms with van der Waals surface area (Å²) < 4.78 is 18.7. The number of ether oxygens (including phenoxy) is 1. The van der Waals surface area contributed by atoms with Gasteiger partial charge < -0.3 is 4.74 Å². The predicted octanol–water partition coefficient (Wildman–Crippen LogP) is 4.37. The number of thiazole rings is 1. The van der Waals surface area contributed by atoms with Gasteiger partial charge in [0.05, 0.1) is 18.3 Å². The number of hydrogen-bond donors (Lipinski definition) is 0. The van der Waals surface area contributed by atoms with Gasteiger partial charge in [-0.3, -0.25) is 0 Å². The van der Waals surface area contributed by atoms with Crippen molar-refractivity contribution < 1.29 is 9.13 Å². The molecule has 1 aromatic heterocycles. The second-order valence-corrected chi connectivity index (χ2v) is 5.18. The van der Waals surface area contributed by atoms with E-state index in [1.54, 1.807) is 12.1 Å². The van der Waals surface area contributed by atoms with Gasteiger partial charge in [0.15, 0.2) is 5.13 Å². The summed E-state index contributed by atoms with van der Waals surface area (Å²) in [5, 5.41) is 0.755. The van der Waals surface area contributed by atoms with E-state index >= 15 is 0 Å². The zero-order chi connectivity index (χ0) is 11.7. The first kappa shape index (κ1) is 11.8. The lowest BCUT2D eigenvalue weighted by Gasteiger charge is -2.06. The topological polar surface area (TPSA) is 22.1 Å². The van der Waals surface area contributed by atoms with Crippen molar-refractivity contribution in [3.63, 3.8) is 0 Å². The molecule has 2 nitrogen and oxygen atoms in total. The van der Waals surface area contributed by atoms with Crippen LogP contribution in [0.1, 0.15) is 0 Å². The molecule has 0 unspecified atom stereocenters. The first-order chi connectivity index (χ1) is 7.61. The molecule has 2 aromatic rings. The molecule has 6 heteroatoms. The summed E-state index contributed by atoms with van der Waals surface area (Å²) in [6.45, 7) is 0. The average Bonchev–Trinajstić information content (AvgIpc) is 2.65. The molecule has 0 saturated heterocycles. The van der Waals surface area contributed by atoms with Crippen LogP contribution in [0, 0.1) is 5.13 Å². The Balaban J connectivity index is 2.56. The monoisotopic (exact) mass is 321 g/mol. The molecule has 0 fully saturated rings. The van der Waals surface area contributed by atoms with E-state index < -0.39 is 0 Å². The third-order valence-electron chi connectivity index (χ3n) is 1.95. The van der Waals surface area contributed by atoms with E-state index in [0.29, 0.717) is 15.8 Å². The highest BCUT2D eigenvalue weighted by molar-refractivity contribution is 9.10. The highest BCUT2D eigenvalue weighted by Gasteiger charge is 2.12. The van der Waals surface area contributed by atoms with Gasteiger partial charge in [-0.25, -0.2) is 4.98 Å². The van der Waals surface area contributed by atoms with Crippen molar-refractivity contribution in [3.8, 4) is 16.3 Å². The number of rotatable bonds is 2. The zero-order valence-electron chi connectivity index (χ0n) is 8.13. The molecule has 16 heavy (non-hydrogen) atoms. The van der Waals surface area contributed by atoms with Gasteiger partial charge in [0.2, 0.25) is 0 Å².